The first-order chi connectivity index (χ1) is 9.19. The molecule has 0 amide bonds. The molecular weight excluding hydrogens is 308 g/mol. The van der Waals surface area contributed by atoms with Gasteiger partial charge >= 0.3 is 0 Å². The van der Waals surface area contributed by atoms with E-state index in [1.165, 1.54) is 0 Å². The molecule has 0 saturated carbocycles. The Morgan fingerprint density at radius 2 is 2.37 bits per heavy atom. The summed E-state index contributed by atoms with van der Waals surface area (Å²) < 4.78 is 7.07. The van der Waals surface area contributed by atoms with E-state index in [4.69, 9.17) is 10.5 Å². The summed E-state index contributed by atoms with van der Waals surface area (Å²) in [5.74, 6) is 1.19. The van der Waals surface area contributed by atoms with E-state index in [1.807, 2.05) is 31.2 Å². The van der Waals surface area contributed by atoms with Gasteiger partial charge in [0.05, 0.1) is 24.7 Å². The lowest BCUT2D eigenvalue weighted by atomic mass is 10.2. The number of rotatable bonds is 5. The molecule has 5 nitrogen and oxygen atoms in total. The molecule has 0 aliphatic carbocycles. The Hall–Kier alpha value is -1.82. The van der Waals surface area contributed by atoms with Crippen molar-refractivity contribution in [2.45, 2.75) is 6.92 Å². The molecule has 0 unspecified atom stereocenters. The number of hydrogen-bond donors (Lipinski definition) is 1. The van der Waals surface area contributed by atoms with Crippen LogP contribution < -0.4 is 10.5 Å². The topological polar surface area (TPSA) is 65.4 Å². The third kappa shape index (κ3) is 3.82. The number of halogens is 1. The zero-order valence-electron chi connectivity index (χ0n) is 10.6. The number of imidazole rings is 1. The quantitative estimate of drug-likeness (QED) is 0.679. The number of ether oxygens (including phenoxy) is 1. The van der Waals surface area contributed by atoms with Crippen LogP contribution in [-0.4, -0.2) is 27.8 Å². The van der Waals surface area contributed by atoms with Crippen LogP contribution in [0.4, 0.5) is 5.95 Å². The maximum Gasteiger partial charge on any atom is 0.221 e. The van der Waals surface area contributed by atoms with Crippen LogP contribution in [0, 0.1) is 6.92 Å². The summed E-state index contributed by atoms with van der Waals surface area (Å²) in [6.07, 6.45) is 3.50. The van der Waals surface area contributed by atoms with Crippen molar-refractivity contribution in [3.63, 3.8) is 0 Å². The molecule has 0 atom stereocenters. The van der Waals surface area contributed by atoms with E-state index in [0.717, 1.165) is 22.3 Å². The minimum Gasteiger partial charge on any atom is -0.493 e. The summed E-state index contributed by atoms with van der Waals surface area (Å²) in [5, 5.41) is 5.06. The number of nitrogen functional groups attached to an aromatic ring is 1. The smallest absolute Gasteiger partial charge is 0.221 e. The van der Waals surface area contributed by atoms with E-state index in [9.17, 15) is 0 Å². The van der Waals surface area contributed by atoms with Crippen molar-refractivity contribution >= 4 is 28.1 Å². The molecule has 0 spiro atoms. The molecule has 2 rings (SSSR count). The lowest BCUT2D eigenvalue weighted by molar-refractivity contribution is 0.345. The maximum atomic E-state index is 5.71. The zero-order valence-corrected chi connectivity index (χ0v) is 12.2. The van der Waals surface area contributed by atoms with Gasteiger partial charge in [0.2, 0.25) is 5.95 Å². The molecule has 100 valence electrons. The average molecular weight is 323 g/mol. The summed E-state index contributed by atoms with van der Waals surface area (Å²) in [7, 11) is 0. The molecule has 0 fully saturated rings. The molecule has 2 aromatic rings. The second kappa shape index (κ2) is 6.38. The second-order valence-electron chi connectivity index (χ2n) is 3.94. The van der Waals surface area contributed by atoms with Crippen LogP contribution in [0.3, 0.4) is 0 Å². The molecule has 0 aliphatic heterocycles. The minimum atomic E-state index is 0.375. The van der Waals surface area contributed by atoms with Crippen molar-refractivity contribution in [3.8, 4) is 5.75 Å². The van der Waals surface area contributed by atoms with E-state index >= 15 is 0 Å². The number of aryl methyl sites for hydroxylation is 1. The number of nitrogens with zero attached hydrogens (tertiary/aromatic N) is 3. The van der Waals surface area contributed by atoms with Gasteiger partial charge in [-0.1, -0.05) is 28.1 Å². The van der Waals surface area contributed by atoms with Crippen molar-refractivity contribution in [2.24, 2.45) is 5.10 Å². The number of hydrogen-bond acceptors (Lipinski definition) is 4. The summed E-state index contributed by atoms with van der Waals surface area (Å²) >= 11 is 3.32. The molecule has 0 bridgehead atoms. The Morgan fingerprint density at radius 3 is 3.05 bits per heavy atom. The van der Waals surface area contributed by atoms with Gasteiger partial charge in [0.1, 0.15) is 5.75 Å². The number of alkyl halides is 1. The number of nitrogens with two attached hydrogens (primary N) is 1. The van der Waals surface area contributed by atoms with Gasteiger partial charge in [-0.15, -0.1) is 0 Å². The van der Waals surface area contributed by atoms with Crippen LogP contribution in [0.25, 0.3) is 0 Å². The van der Waals surface area contributed by atoms with Crippen molar-refractivity contribution < 1.29 is 4.74 Å². The predicted octanol–water partition coefficient (Wildman–Crippen LogP) is 2.43. The van der Waals surface area contributed by atoms with Gasteiger partial charge in [0.15, 0.2) is 0 Å². The number of aromatic nitrogens is 2. The van der Waals surface area contributed by atoms with Crippen LogP contribution in [0.15, 0.2) is 35.6 Å². The Balaban J connectivity index is 2.12. The van der Waals surface area contributed by atoms with Crippen LogP contribution >= 0.6 is 15.9 Å². The molecule has 2 N–H and O–H groups in total. The van der Waals surface area contributed by atoms with Gasteiger partial charge in [0.25, 0.3) is 0 Å². The number of benzene rings is 1. The maximum absolute atomic E-state index is 5.71. The minimum absolute atomic E-state index is 0.375. The molecule has 6 heteroatoms. The summed E-state index contributed by atoms with van der Waals surface area (Å²) in [6.45, 7) is 2.51. The second-order valence-corrected chi connectivity index (χ2v) is 4.73. The van der Waals surface area contributed by atoms with E-state index in [1.54, 1.807) is 17.1 Å². The van der Waals surface area contributed by atoms with Crippen LogP contribution in [0.2, 0.25) is 0 Å². The summed E-state index contributed by atoms with van der Waals surface area (Å²) in [5.41, 5.74) is 7.49. The van der Waals surface area contributed by atoms with Crippen LogP contribution in [-0.2, 0) is 0 Å². The van der Waals surface area contributed by atoms with Gasteiger partial charge in [-0.3, -0.25) is 0 Å². The molecule has 19 heavy (non-hydrogen) atoms. The lowest BCUT2D eigenvalue weighted by Crippen LogP contribution is -1.99. The third-order valence-corrected chi connectivity index (χ3v) is 2.69. The fourth-order valence-corrected chi connectivity index (χ4v) is 1.73. The highest BCUT2D eigenvalue weighted by atomic mass is 79.9. The molecular formula is C13H15BrN4O. The van der Waals surface area contributed by atoms with E-state index in [0.29, 0.717) is 12.6 Å². The lowest BCUT2D eigenvalue weighted by Gasteiger charge is -2.04. The highest BCUT2D eigenvalue weighted by molar-refractivity contribution is 9.09. The molecule has 0 aliphatic rings. The average Bonchev–Trinajstić information content (AvgIpc) is 2.73. The monoisotopic (exact) mass is 322 g/mol. The highest BCUT2D eigenvalue weighted by Crippen LogP contribution is 2.12. The molecule has 1 heterocycles. The van der Waals surface area contributed by atoms with Crippen LogP contribution in [0.5, 0.6) is 5.75 Å². The zero-order chi connectivity index (χ0) is 13.7. The summed E-state index contributed by atoms with van der Waals surface area (Å²) in [4.78, 5) is 4.08. The summed E-state index contributed by atoms with van der Waals surface area (Å²) in [6, 6.07) is 7.71. The standard InChI is InChI=1S/C13H15BrN4O/c1-10-9-18(13(15)17-10)16-8-11-3-2-4-12(7-11)19-6-5-14/h2-4,7-9H,5-6H2,1H3,(H2,15,17). The number of anilines is 1. The Kier molecular flexibility index (Phi) is 4.57. The molecule has 1 aromatic carbocycles. The van der Waals surface area contributed by atoms with Gasteiger partial charge in [-0.2, -0.15) is 5.10 Å². The van der Waals surface area contributed by atoms with Gasteiger partial charge < -0.3 is 10.5 Å². The largest absolute Gasteiger partial charge is 0.493 e. The van der Waals surface area contributed by atoms with Crippen molar-refractivity contribution in [2.75, 3.05) is 17.7 Å². The first-order valence-corrected chi connectivity index (χ1v) is 6.96. The molecule has 0 saturated heterocycles. The molecule has 1 aromatic heterocycles. The van der Waals surface area contributed by atoms with Gasteiger partial charge in [0, 0.05) is 5.33 Å². The highest BCUT2D eigenvalue weighted by Gasteiger charge is 1.99. The normalized spacial score (nSPS) is 11.1. The predicted molar refractivity (Wildman–Crippen MR) is 80.1 cm³/mol. The first kappa shape index (κ1) is 13.6. The Morgan fingerprint density at radius 1 is 1.53 bits per heavy atom. The van der Waals surface area contributed by atoms with Crippen molar-refractivity contribution in [3.05, 3.63) is 41.7 Å². The van der Waals surface area contributed by atoms with Crippen molar-refractivity contribution in [1.82, 2.24) is 9.66 Å². The van der Waals surface area contributed by atoms with Crippen molar-refractivity contribution in [1.29, 1.82) is 0 Å². The third-order valence-electron chi connectivity index (χ3n) is 2.37. The van der Waals surface area contributed by atoms with E-state index in [2.05, 4.69) is 26.0 Å². The Bertz CT molecular complexity index is 580. The fraction of sp³-hybridized carbons (Fsp3) is 0.231. The fourth-order valence-electron chi connectivity index (χ4n) is 1.57. The van der Waals surface area contributed by atoms with Gasteiger partial charge in [-0.05, 0) is 24.6 Å². The van der Waals surface area contributed by atoms with E-state index in [-0.39, 0.29) is 0 Å². The van der Waals surface area contributed by atoms with E-state index < -0.39 is 0 Å². The first-order valence-electron chi connectivity index (χ1n) is 5.83. The molecule has 0 radical (unpaired) electrons. The Labute approximate surface area is 120 Å². The van der Waals surface area contributed by atoms with Gasteiger partial charge in [-0.25, -0.2) is 9.66 Å². The SMILES string of the molecule is Cc1cn(N=Cc2cccc(OCCBr)c2)c(N)n1. The van der Waals surface area contributed by atoms with Crippen LogP contribution in [0.1, 0.15) is 11.3 Å².